The predicted molar refractivity (Wildman–Crippen MR) is 95.4 cm³/mol. The van der Waals surface area contributed by atoms with E-state index in [1.165, 1.54) is 12.0 Å². The van der Waals surface area contributed by atoms with Crippen LogP contribution in [-0.2, 0) is 25.5 Å². The van der Waals surface area contributed by atoms with Crippen LogP contribution >= 0.6 is 0 Å². The molecule has 1 aromatic carbocycles. The number of nitrogens with zero attached hydrogens (tertiary/aromatic N) is 1. The summed E-state index contributed by atoms with van der Waals surface area (Å²) >= 11 is 0. The Morgan fingerprint density at radius 3 is 2.42 bits per heavy atom. The van der Waals surface area contributed by atoms with Gasteiger partial charge >= 0.3 is 12.1 Å². The molecule has 0 aliphatic carbocycles. The summed E-state index contributed by atoms with van der Waals surface area (Å²) in [6.45, 7) is 5.48. The number of nitrogens with one attached hydrogen (secondary N) is 1. The van der Waals surface area contributed by atoms with E-state index in [0.29, 0.717) is 6.42 Å². The van der Waals surface area contributed by atoms with Crippen LogP contribution in [0, 0.1) is 0 Å². The molecule has 0 radical (unpaired) electrons. The number of esters is 1. The Kier molecular flexibility index (Phi) is 6.23. The fourth-order valence-electron chi connectivity index (χ4n) is 2.88. The Bertz CT molecular complexity index is 654. The van der Waals surface area contributed by atoms with Crippen molar-refractivity contribution >= 4 is 18.0 Å². The molecule has 1 N–H and O–H groups in total. The van der Waals surface area contributed by atoms with Crippen LogP contribution in [0.15, 0.2) is 30.3 Å². The van der Waals surface area contributed by atoms with Crippen molar-refractivity contribution < 1.29 is 23.9 Å². The zero-order chi connectivity index (χ0) is 19.3. The highest BCUT2D eigenvalue weighted by molar-refractivity contribution is 5.83. The molecule has 0 saturated carbocycles. The molecule has 1 fully saturated rings. The van der Waals surface area contributed by atoms with E-state index in [1.807, 2.05) is 30.3 Å². The molecule has 142 valence electrons. The summed E-state index contributed by atoms with van der Waals surface area (Å²) in [5, 5.41) is 2.89. The Morgan fingerprint density at radius 1 is 1.19 bits per heavy atom. The van der Waals surface area contributed by atoms with Gasteiger partial charge in [-0.05, 0) is 26.3 Å². The number of hydrogen-bond acceptors (Lipinski definition) is 5. The Balaban J connectivity index is 2.01. The summed E-state index contributed by atoms with van der Waals surface area (Å²) < 4.78 is 10.2. The lowest BCUT2D eigenvalue weighted by molar-refractivity contribution is -0.145. The van der Waals surface area contributed by atoms with E-state index < -0.39 is 23.7 Å². The molecule has 2 amide bonds. The van der Waals surface area contributed by atoms with Crippen LogP contribution in [0.5, 0.6) is 0 Å². The van der Waals surface area contributed by atoms with E-state index in [4.69, 9.17) is 9.47 Å². The van der Waals surface area contributed by atoms with Crippen molar-refractivity contribution in [3.63, 3.8) is 0 Å². The Labute approximate surface area is 153 Å². The minimum absolute atomic E-state index is 0.157. The number of carbonyl (C=O) groups excluding carboxylic acids is 3. The van der Waals surface area contributed by atoms with Crippen LogP contribution in [-0.4, -0.2) is 54.2 Å². The fourth-order valence-corrected chi connectivity index (χ4v) is 2.88. The molecule has 2 atom stereocenters. The SMILES string of the molecule is COC(=O)[C@@H]1C[C@@H](NC(=O)Cc2ccccc2)CN1C(=O)OC(C)(C)C. The number of methoxy groups -OCH3 is 1. The van der Waals surface area contributed by atoms with E-state index in [1.54, 1.807) is 20.8 Å². The second-order valence-corrected chi connectivity index (χ2v) is 7.33. The number of hydrogen-bond donors (Lipinski definition) is 1. The number of carbonyl (C=O) groups is 3. The molecule has 1 aliphatic rings. The first-order chi connectivity index (χ1) is 12.2. The maximum absolute atomic E-state index is 12.4. The highest BCUT2D eigenvalue weighted by Gasteiger charge is 2.42. The van der Waals surface area contributed by atoms with Crippen molar-refractivity contribution in [2.24, 2.45) is 0 Å². The zero-order valence-electron chi connectivity index (χ0n) is 15.7. The Morgan fingerprint density at radius 2 is 1.85 bits per heavy atom. The second-order valence-electron chi connectivity index (χ2n) is 7.33. The third-order valence-corrected chi connectivity index (χ3v) is 3.97. The first-order valence-electron chi connectivity index (χ1n) is 8.60. The van der Waals surface area contributed by atoms with Crippen LogP contribution < -0.4 is 5.32 Å². The van der Waals surface area contributed by atoms with Crippen molar-refractivity contribution in [2.45, 2.75) is 51.3 Å². The van der Waals surface area contributed by atoms with E-state index in [2.05, 4.69) is 5.32 Å². The Hall–Kier alpha value is -2.57. The van der Waals surface area contributed by atoms with Gasteiger partial charge in [0.1, 0.15) is 11.6 Å². The van der Waals surface area contributed by atoms with Gasteiger partial charge in [-0.25, -0.2) is 9.59 Å². The quantitative estimate of drug-likeness (QED) is 0.827. The average Bonchev–Trinajstić information content (AvgIpc) is 2.97. The van der Waals surface area contributed by atoms with Gasteiger partial charge in [0.2, 0.25) is 5.91 Å². The minimum Gasteiger partial charge on any atom is -0.467 e. The van der Waals surface area contributed by atoms with Gasteiger partial charge in [-0.15, -0.1) is 0 Å². The lowest BCUT2D eigenvalue weighted by Gasteiger charge is -2.27. The summed E-state index contributed by atoms with van der Waals surface area (Å²) in [5.74, 6) is -0.675. The normalized spacial score (nSPS) is 19.8. The lowest BCUT2D eigenvalue weighted by Crippen LogP contribution is -2.44. The highest BCUT2D eigenvalue weighted by atomic mass is 16.6. The van der Waals surface area contributed by atoms with Crippen molar-refractivity contribution in [3.8, 4) is 0 Å². The highest BCUT2D eigenvalue weighted by Crippen LogP contribution is 2.22. The number of rotatable bonds is 4. The number of amides is 2. The van der Waals surface area contributed by atoms with Gasteiger partial charge in [0.05, 0.1) is 13.5 Å². The lowest BCUT2D eigenvalue weighted by atomic mass is 10.1. The fraction of sp³-hybridized carbons (Fsp3) is 0.526. The van der Waals surface area contributed by atoms with Crippen molar-refractivity contribution in [1.29, 1.82) is 0 Å². The van der Waals surface area contributed by atoms with Gasteiger partial charge in [-0.3, -0.25) is 9.69 Å². The van der Waals surface area contributed by atoms with Crippen molar-refractivity contribution in [3.05, 3.63) is 35.9 Å². The topological polar surface area (TPSA) is 84.9 Å². The van der Waals surface area contributed by atoms with E-state index in [9.17, 15) is 14.4 Å². The summed E-state index contributed by atoms with van der Waals surface area (Å²) in [4.78, 5) is 38.0. The van der Waals surface area contributed by atoms with E-state index in [-0.39, 0.29) is 24.9 Å². The van der Waals surface area contributed by atoms with Crippen molar-refractivity contribution in [1.82, 2.24) is 10.2 Å². The van der Waals surface area contributed by atoms with Gasteiger partial charge in [-0.1, -0.05) is 30.3 Å². The zero-order valence-corrected chi connectivity index (χ0v) is 15.7. The first kappa shape index (κ1) is 19.8. The number of ether oxygens (including phenoxy) is 2. The molecule has 0 aromatic heterocycles. The van der Waals surface area contributed by atoms with Gasteiger partial charge < -0.3 is 14.8 Å². The van der Waals surface area contributed by atoms with E-state index >= 15 is 0 Å². The molecular weight excluding hydrogens is 336 g/mol. The second kappa shape index (κ2) is 8.21. The molecule has 26 heavy (non-hydrogen) atoms. The van der Waals surface area contributed by atoms with Gasteiger partial charge in [-0.2, -0.15) is 0 Å². The molecule has 7 nitrogen and oxygen atoms in total. The maximum Gasteiger partial charge on any atom is 0.411 e. The third kappa shape index (κ3) is 5.47. The molecule has 1 saturated heterocycles. The summed E-state index contributed by atoms with van der Waals surface area (Å²) in [5.41, 5.74) is 0.225. The molecule has 0 unspecified atom stereocenters. The largest absolute Gasteiger partial charge is 0.467 e. The van der Waals surface area contributed by atoms with Crippen LogP contribution in [0.4, 0.5) is 4.79 Å². The molecule has 0 spiro atoms. The third-order valence-electron chi connectivity index (χ3n) is 3.97. The van der Waals surface area contributed by atoms with Crippen molar-refractivity contribution in [2.75, 3.05) is 13.7 Å². The van der Waals surface area contributed by atoms with E-state index in [0.717, 1.165) is 5.56 Å². The maximum atomic E-state index is 12.4. The van der Waals surface area contributed by atoms with Crippen LogP contribution in [0.25, 0.3) is 0 Å². The molecule has 1 aliphatic heterocycles. The minimum atomic E-state index is -0.767. The predicted octanol–water partition coefficient (Wildman–Crippen LogP) is 1.90. The first-order valence-corrected chi connectivity index (χ1v) is 8.60. The summed E-state index contributed by atoms with van der Waals surface area (Å²) in [6.07, 6.45) is -0.0493. The number of likely N-dealkylation sites (tertiary alicyclic amines) is 1. The van der Waals surface area contributed by atoms with Crippen LogP contribution in [0.3, 0.4) is 0 Å². The van der Waals surface area contributed by atoms with Gasteiger partial charge in [0.25, 0.3) is 0 Å². The molecule has 2 rings (SSSR count). The standard InChI is InChI=1S/C19H26N2O5/c1-19(2,3)26-18(24)21-12-14(11-15(21)17(23)25-4)20-16(22)10-13-8-6-5-7-9-13/h5-9,14-15H,10-12H2,1-4H3,(H,20,22)/t14-,15+/m1/s1. The van der Waals surface area contributed by atoms with Gasteiger partial charge in [0.15, 0.2) is 0 Å². The summed E-state index contributed by atoms with van der Waals surface area (Å²) in [7, 11) is 1.27. The van der Waals surface area contributed by atoms with Crippen LogP contribution in [0.2, 0.25) is 0 Å². The monoisotopic (exact) mass is 362 g/mol. The molecular formula is C19H26N2O5. The van der Waals surface area contributed by atoms with Crippen LogP contribution in [0.1, 0.15) is 32.8 Å². The molecule has 7 heteroatoms. The number of benzene rings is 1. The summed E-state index contributed by atoms with van der Waals surface area (Å²) in [6, 6.07) is 8.28. The molecule has 0 bridgehead atoms. The average molecular weight is 362 g/mol. The molecule has 1 heterocycles. The van der Waals surface area contributed by atoms with Gasteiger partial charge in [0, 0.05) is 19.0 Å². The molecule has 1 aromatic rings. The smallest absolute Gasteiger partial charge is 0.411 e.